The highest BCUT2D eigenvalue weighted by molar-refractivity contribution is 6.31. The largest absolute Gasteiger partial charge is 0.341 e. The van der Waals surface area contributed by atoms with Crippen molar-refractivity contribution in [3.63, 3.8) is 0 Å². The molecule has 0 unspecified atom stereocenters. The zero-order chi connectivity index (χ0) is 15.5. The first-order valence-corrected chi connectivity index (χ1v) is 8.14. The van der Waals surface area contributed by atoms with Crippen molar-refractivity contribution in [2.75, 3.05) is 31.1 Å². The molecule has 6 heteroatoms. The molecule has 22 heavy (non-hydrogen) atoms. The Kier molecular flexibility index (Phi) is 4.52. The van der Waals surface area contributed by atoms with Crippen molar-refractivity contribution >= 4 is 29.2 Å². The van der Waals surface area contributed by atoms with Gasteiger partial charge in [0.2, 0.25) is 5.91 Å². The van der Waals surface area contributed by atoms with E-state index < -0.39 is 0 Å². The van der Waals surface area contributed by atoms with Crippen molar-refractivity contribution in [1.82, 2.24) is 10.2 Å². The van der Waals surface area contributed by atoms with Crippen molar-refractivity contribution in [1.29, 1.82) is 0 Å². The van der Waals surface area contributed by atoms with Gasteiger partial charge in [0.1, 0.15) is 0 Å². The molecule has 0 atom stereocenters. The molecule has 1 saturated heterocycles. The maximum atomic E-state index is 12.3. The van der Waals surface area contributed by atoms with Crippen molar-refractivity contribution < 1.29 is 9.59 Å². The number of piperidine rings is 1. The van der Waals surface area contributed by atoms with E-state index in [1.165, 1.54) is 6.42 Å². The zero-order valence-electron chi connectivity index (χ0n) is 12.5. The van der Waals surface area contributed by atoms with E-state index in [4.69, 9.17) is 11.6 Å². The molecule has 2 aliphatic rings. The van der Waals surface area contributed by atoms with Gasteiger partial charge in [0.25, 0.3) is 0 Å². The summed E-state index contributed by atoms with van der Waals surface area (Å²) in [7, 11) is 0. The van der Waals surface area contributed by atoms with Gasteiger partial charge in [0, 0.05) is 24.7 Å². The number of carbonyl (C=O) groups is 2. The molecule has 1 aromatic carbocycles. The number of likely N-dealkylation sites (tertiary alicyclic amines) is 1. The van der Waals surface area contributed by atoms with Gasteiger partial charge in [-0.15, -0.1) is 0 Å². The monoisotopic (exact) mass is 321 g/mol. The second kappa shape index (κ2) is 6.57. The lowest BCUT2D eigenvalue weighted by molar-refractivity contribution is -0.130. The molecule has 0 spiro atoms. The van der Waals surface area contributed by atoms with Crippen LogP contribution in [0.15, 0.2) is 18.2 Å². The maximum Gasteiger partial charge on any atom is 0.322 e. The minimum atomic E-state index is -0.230. The van der Waals surface area contributed by atoms with E-state index in [0.29, 0.717) is 11.6 Å². The van der Waals surface area contributed by atoms with Crippen LogP contribution in [0.2, 0.25) is 5.02 Å². The molecule has 0 aromatic heterocycles. The Bertz CT molecular complexity index is 585. The summed E-state index contributed by atoms with van der Waals surface area (Å²) in [5.74, 6) is -0.00133. The molecule has 0 bridgehead atoms. The Labute approximate surface area is 135 Å². The number of halogens is 1. The topological polar surface area (TPSA) is 52.7 Å². The van der Waals surface area contributed by atoms with Gasteiger partial charge >= 0.3 is 6.03 Å². The number of hydrogen-bond acceptors (Lipinski definition) is 2. The fourth-order valence-corrected chi connectivity index (χ4v) is 3.23. The second-order valence-corrected chi connectivity index (χ2v) is 6.21. The Hall–Kier alpha value is -1.75. The van der Waals surface area contributed by atoms with Crippen LogP contribution in [-0.4, -0.2) is 43.0 Å². The molecule has 3 rings (SSSR count). The summed E-state index contributed by atoms with van der Waals surface area (Å²) in [5, 5.41) is 3.35. The van der Waals surface area contributed by atoms with Crippen LogP contribution in [0.4, 0.5) is 10.5 Å². The number of rotatable bonds is 2. The van der Waals surface area contributed by atoms with Gasteiger partial charge in [-0.1, -0.05) is 17.7 Å². The third-order valence-corrected chi connectivity index (χ3v) is 4.52. The van der Waals surface area contributed by atoms with Crippen molar-refractivity contribution in [2.45, 2.75) is 25.7 Å². The molecule has 1 aromatic rings. The predicted octanol–water partition coefficient (Wildman–Crippen LogP) is 2.42. The number of nitrogens with zero attached hydrogens (tertiary/aromatic N) is 2. The van der Waals surface area contributed by atoms with Crippen LogP contribution in [0.25, 0.3) is 0 Å². The van der Waals surface area contributed by atoms with Crippen LogP contribution in [-0.2, 0) is 11.2 Å². The molecule has 1 N–H and O–H groups in total. The Morgan fingerprint density at radius 2 is 1.91 bits per heavy atom. The highest BCUT2D eigenvalue weighted by atomic mass is 35.5. The number of nitrogens with one attached hydrogen (secondary N) is 1. The highest BCUT2D eigenvalue weighted by Crippen LogP contribution is 2.30. The van der Waals surface area contributed by atoms with Gasteiger partial charge in [0.15, 0.2) is 0 Å². The SMILES string of the molecule is O=C(CNC(=O)N1CCc2ccc(Cl)cc21)N1CCCCC1. The van der Waals surface area contributed by atoms with E-state index in [9.17, 15) is 9.59 Å². The second-order valence-electron chi connectivity index (χ2n) is 5.77. The van der Waals surface area contributed by atoms with Crippen molar-refractivity contribution in [3.05, 3.63) is 28.8 Å². The minimum Gasteiger partial charge on any atom is -0.341 e. The van der Waals surface area contributed by atoms with E-state index >= 15 is 0 Å². The fraction of sp³-hybridized carbons (Fsp3) is 0.500. The smallest absolute Gasteiger partial charge is 0.322 e. The molecule has 2 aliphatic heterocycles. The van der Waals surface area contributed by atoms with Gasteiger partial charge in [-0.2, -0.15) is 0 Å². The Balaban J connectivity index is 1.57. The lowest BCUT2D eigenvalue weighted by atomic mass is 10.1. The third kappa shape index (κ3) is 3.19. The fourth-order valence-electron chi connectivity index (χ4n) is 3.07. The third-order valence-electron chi connectivity index (χ3n) is 4.29. The molecule has 0 saturated carbocycles. The molecule has 1 fully saturated rings. The Morgan fingerprint density at radius 3 is 2.68 bits per heavy atom. The van der Waals surface area contributed by atoms with Gasteiger partial charge in [0.05, 0.1) is 12.2 Å². The standard InChI is InChI=1S/C16H20ClN3O2/c17-13-5-4-12-6-9-20(14(12)10-13)16(22)18-11-15(21)19-7-2-1-3-8-19/h4-5,10H,1-3,6-9,11H2,(H,18,22). The first-order valence-electron chi connectivity index (χ1n) is 7.77. The van der Waals surface area contributed by atoms with E-state index in [0.717, 1.165) is 43.6 Å². The lowest BCUT2D eigenvalue weighted by Crippen LogP contribution is -2.46. The van der Waals surface area contributed by atoms with E-state index in [1.54, 1.807) is 11.0 Å². The lowest BCUT2D eigenvalue weighted by Gasteiger charge is -2.27. The number of carbonyl (C=O) groups excluding carboxylic acids is 2. The number of anilines is 1. The van der Waals surface area contributed by atoms with Crippen molar-refractivity contribution in [3.8, 4) is 0 Å². The molecular formula is C16H20ClN3O2. The number of fused-ring (bicyclic) bond motifs is 1. The van der Waals surface area contributed by atoms with Crippen LogP contribution in [0.5, 0.6) is 0 Å². The predicted molar refractivity (Wildman–Crippen MR) is 86.3 cm³/mol. The maximum absolute atomic E-state index is 12.3. The summed E-state index contributed by atoms with van der Waals surface area (Å²) >= 11 is 6.00. The van der Waals surface area contributed by atoms with Gasteiger partial charge < -0.3 is 10.2 Å². The number of amides is 3. The molecule has 0 aliphatic carbocycles. The minimum absolute atomic E-state index is 0.00133. The van der Waals surface area contributed by atoms with Crippen LogP contribution in [0.3, 0.4) is 0 Å². The van der Waals surface area contributed by atoms with Gasteiger partial charge in [-0.05, 0) is 43.4 Å². The van der Waals surface area contributed by atoms with Crippen LogP contribution in [0, 0.1) is 0 Å². The first-order chi connectivity index (χ1) is 10.6. The molecule has 2 heterocycles. The average molecular weight is 322 g/mol. The summed E-state index contributed by atoms with van der Waals surface area (Å²) in [6, 6.07) is 5.35. The molecule has 118 valence electrons. The normalized spacial score (nSPS) is 17.3. The summed E-state index contributed by atoms with van der Waals surface area (Å²) in [5.41, 5.74) is 1.96. The first kappa shape index (κ1) is 15.2. The summed E-state index contributed by atoms with van der Waals surface area (Å²) < 4.78 is 0. The molecule has 3 amide bonds. The highest BCUT2D eigenvalue weighted by Gasteiger charge is 2.25. The Morgan fingerprint density at radius 1 is 1.14 bits per heavy atom. The van der Waals surface area contributed by atoms with E-state index in [2.05, 4.69) is 5.32 Å². The summed E-state index contributed by atoms with van der Waals surface area (Å²) in [6.45, 7) is 2.29. The van der Waals surface area contributed by atoms with E-state index in [1.807, 2.05) is 17.0 Å². The zero-order valence-corrected chi connectivity index (χ0v) is 13.2. The number of benzene rings is 1. The molecule has 0 radical (unpaired) electrons. The number of hydrogen-bond donors (Lipinski definition) is 1. The summed E-state index contributed by atoms with van der Waals surface area (Å²) in [4.78, 5) is 27.9. The van der Waals surface area contributed by atoms with Crippen LogP contribution in [0.1, 0.15) is 24.8 Å². The van der Waals surface area contributed by atoms with E-state index in [-0.39, 0.29) is 18.5 Å². The van der Waals surface area contributed by atoms with Crippen LogP contribution < -0.4 is 10.2 Å². The van der Waals surface area contributed by atoms with Gasteiger partial charge in [-0.25, -0.2) is 4.79 Å². The number of urea groups is 1. The quantitative estimate of drug-likeness (QED) is 0.909. The van der Waals surface area contributed by atoms with Crippen LogP contribution >= 0.6 is 11.6 Å². The van der Waals surface area contributed by atoms with Gasteiger partial charge in [-0.3, -0.25) is 9.69 Å². The van der Waals surface area contributed by atoms with Crippen molar-refractivity contribution in [2.24, 2.45) is 0 Å². The molecular weight excluding hydrogens is 302 g/mol. The summed E-state index contributed by atoms with van der Waals surface area (Å²) in [6.07, 6.45) is 4.11. The average Bonchev–Trinajstić information content (AvgIpc) is 2.96. The molecule has 5 nitrogen and oxygen atoms in total.